The molecule has 0 aliphatic rings. The summed E-state index contributed by atoms with van der Waals surface area (Å²) in [6.45, 7) is 0. The lowest BCUT2D eigenvalue weighted by molar-refractivity contribution is -0.102. The van der Waals surface area contributed by atoms with Gasteiger partial charge in [0.25, 0.3) is 0 Å². The summed E-state index contributed by atoms with van der Waals surface area (Å²) in [6.07, 6.45) is 0.617. The highest BCUT2D eigenvalue weighted by atomic mass is 16.4. The molecule has 5 heteroatoms. The van der Waals surface area contributed by atoms with Crippen LogP contribution in [0.5, 0.6) is 0 Å². The van der Waals surface area contributed by atoms with Crippen LogP contribution < -0.4 is 5.43 Å². The minimum Gasteiger partial charge on any atom is -0.478 e. The summed E-state index contributed by atoms with van der Waals surface area (Å²) in [4.78, 5) is 22.1. The SMILES string of the molecule is O=C/C(=N\Nc1ccccc1C(=O)O)c1ccccc1. The number of hydrogen-bond acceptors (Lipinski definition) is 4. The Morgan fingerprint density at radius 1 is 1.05 bits per heavy atom. The molecular weight excluding hydrogens is 256 g/mol. The highest BCUT2D eigenvalue weighted by Gasteiger charge is 2.08. The number of hydrogen-bond donors (Lipinski definition) is 2. The van der Waals surface area contributed by atoms with Gasteiger partial charge in [-0.15, -0.1) is 0 Å². The Bertz CT molecular complexity index is 651. The zero-order valence-corrected chi connectivity index (χ0v) is 10.5. The average Bonchev–Trinajstić information content (AvgIpc) is 2.49. The van der Waals surface area contributed by atoms with E-state index < -0.39 is 5.97 Å². The minimum atomic E-state index is -1.06. The molecular formula is C15H12N2O3. The molecule has 0 amide bonds. The molecule has 0 saturated heterocycles. The van der Waals surface area contributed by atoms with E-state index in [2.05, 4.69) is 10.5 Å². The van der Waals surface area contributed by atoms with E-state index in [1.807, 2.05) is 6.07 Å². The predicted octanol–water partition coefficient (Wildman–Crippen LogP) is 2.40. The van der Waals surface area contributed by atoms with Crippen LogP contribution in [0.1, 0.15) is 15.9 Å². The van der Waals surface area contributed by atoms with Crippen molar-refractivity contribution in [1.82, 2.24) is 0 Å². The topological polar surface area (TPSA) is 78.8 Å². The molecule has 2 aromatic carbocycles. The molecule has 100 valence electrons. The van der Waals surface area contributed by atoms with Crippen LogP contribution in [0.3, 0.4) is 0 Å². The molecule has 2 aromatic rings. The molecule has 0 aromatic heterocycles. The van der Waals surface area contributed by atoms with Crippen molar-refractivity contribution in [1.29, 1.82) is 0 Å². The van der Waals surface area contributed by atoms with Gasteiger partial charge in [-0.1, -0.05) is 42.5 Å². The van der Waals surface area contributed by atoms with E-state index in [-0.39, 0.29) is 11.3 Å². The van der Waals surface area contributed by atoms with E-state index in [0.717, 1.165) is 0 Å². The van der Waals surface area contributed by atoms with Gasteiger partial charge in [-0.05, 0) is 12.1 Å². The van der Waals surface area contributed by atoms with E-state index in [4.69, 9.17) is 5.11 Å². The maximum Gasteiger partial charge on any atom is 0.337 e. The summed E-state index contributed by atoms with van der Waals surface area (Å²) in [5.41, 5.74) is 3.90. The van der Waals surface area contributed by atoms with Crippen LogP contribution in [0.25, 0.3) is 0 Å². The predicted molar refractivity (Wildman–Crippen MR) is 76.1 cm³/mol. The fourth-order valence-electron chi connectivity index (χ4n) is 1.66. The van der Waals surface area contributed by atoms with E-state index in [1.54, 1.807) is 42.5 Å². The molecule has 20 heavy (non-hydrogen) atoms. The highest BCUT2D eigenvalue weighted by Crippen LogP contribution is 2.15. The summed E-state index contributed by atoms with van der Waals surface area (Å²) >= 11 is 0. The van der Waals surface area contributed by atoms with Crippen molar-refractivity contribution in [2.45, 2.75) is 0 Å². The number of carbonyl (C=O) groups excluding carboxylic acids is 1. The number of nitrogens with one attached hydrogen (secondary N) is 1. The molecule has 0 bridgehead atoms. The largest absolute Gasteiger partial charge is 0.478 e. The third-order valence-electron chi connectivity index (χ3n) is 2.64. The van der Waals surface area contributed by atoms with Crippen molar-refractivity contribution < 1.29 is 14.7 Å². The first-order chi connectivity index (χ1) is 9.72. The zero-order chi connectivity index (χ0) is 14.4. The van der Waals surface area contributed by atoms with Gasteiger partial charge in [-0.25, -0.2) is 4.79 Å². The Hall–Kier alpha value is -2.95. The quantitative estimate of drug-likeness (QED) is 0.496. The first-order valence-electron chi connectivity index (χ1n) is 5.89. The number of hydrazone groups is 1. The molecule has 5 nitrogen and oxygen atoms in total. The summed E-state index contributed by atoms with van der Waals surface area (Å²) < 4.78 is 0. The van der Waals surface area contributed by atoms with Crippen LogP contribution in [0.15, 0.2) is 59.7 Å². The standard InChI is InChI=1S/C15H12N2O3/c18-10-14(11-6-2-1-3-7-11)17-16-13-9-5-4-8-12(13)15(19)20/h1-10,16H,(H,19,20)/b17-14+. The number of rotatable bonds is 5. The van der Waals surface area contributed by atoms with Crippen LogP contribution in [0.4, 0.5) is 5.69 Å². The Kier molecular flexibility index (Phi) is 4.24. The number of para-hydroxylation sites is 1. The van der Waals surface area contributed by atoms with Crippen molar-refractivity contribution in [2.24, 2.45) is 5.10 Å². The van der Waals surface area contributed by atoms with Gasteiger partial charge in [-0.3, -0.25) is 10.2 Å². The Morgan fingerprint density at radius 3 is 2.35 bits per heavy atom. The molecule has 0 heterocycles. The van der Waals surface area contributed by atoms with Crippen molar-refractivity contribution >= 4 is 23.7 Å². The third kappa shape index (κ3) is 3.08. The summed E-state index contributed by atoms with van der Waals surface area (Å²) in [5, 5.41) is 13.0. The molecule has 0 atom stereocenters. The van der Waals surface area contributed by atoms with Crippen LogP contribution in [-0.4, -0.2) is 23.1 Å². The van der Waals surface area contributed by atoms with Crippen LogP contribution >= 0.6 is 0 Å². The lowest BCUT2D eigenvalue weighted by Crippen LogP contribution is -2.08. The number of carbonyl (C=O) groups is 2. The molecule has 2 rings (SSSR count). The van der Waals surface area contributed by atoms with E-state index in [0.29, 0.717) is 17.5 Å². The molecule has 2 N–H and O–H groups in total. The summed E-state index contributed by atoms with van der Waals surface area (Å²) in [7, 11) is 0. The average molecular weight is 268 g/mol. The number of benzene rings is 2. The van der Waals surface area contributed by atoms with Gasteiger partial charge >= 0.3 is 5.97 Å². The van der Waals surface area contributed by atoms with Gasteiger partial charge < -0.3 is 5.11 Å². The third-order valence-corrected chi connectivity index (χ3v) is 2.64. The molecule has 0 aliphatic heterocycles. The number of anilines is 1. The van der Waals surface area contributed by atoms with Crippen LogP contribution in [-0.2, 0) is 4.79 Å². The number of aldehydes is 1. The fourth-order valence-corrected chi connectivity index (χ4v) is 1.66. The number of carboxylic acid groups (broad SMARTS) is 1. The second-order valence-electron chi connectivity index (χ2n) is 3.94. The zero-order valence-electron chi connectivity index (χ0n) is 10.5. The van der Waals surface area contributed by atoms with Gasteiger partial charge in [0, 0.05) is 5.56 Å². The lowest BCUT2D eigenvalue weighted by atomic mass is 10.1. The lowest BCUT2D eigenvalue weighted by Gasteiger charge is -2.05. The molecule has 0 fully saturated rings. The van der Waals surface area contributed by atoms with E-state index >= 15 is 0 Å². The van der Waals surface area contributed by atoms with Crippen LogP contribution in [0.2, 0.25) is 0 Å². The second-order valence-corrected chi connectivity index (χ2v) is 3.94. The monoisotopic (exact) mass is 268 g/mol. The fraction of sp³-hybridized carbons (Fsp3) is 0. The highest BCUT2D eigenvalue weighted by molar-refractivity contribution is 6.36. The molecule has 0 radical (unpaired) electrons. The second kappa shape index (κ2) is 6.29. The Balaban J connectivity index is 2.28. The van der Waals surface area contributed by atoms with Gasteiger partial charge in [0.05, 0.1) is 11.3 Å². The van der Waals surface area contributed by atoms with Gasteiger partial charge in [-0.2, -0.15) is 5.10 Å². The Labute approximate surface area is 115 Å². The van der Waals surface area contributed by atoms with Crippen molar-refractivity contribution in [3.8, 4) is 0 Å². The maximum absolute atomic E-state index is 11.1. The van der Waals surface area contributed by atoms with Gasteiger partial charge in [0.2, 0.25) is 0 Å². The first-order valence-corrected chi connectivity index (χ1v) is 5.89. The molecule has 0 spiro atoms. The van der Waals surface area contributed by atoms with Crippen LogP contribution in [0, 0.1) is 0 Å². The number of carboxylic acids is 1. The summed E-state index contributed by atoms with van der Waals surface area (Å²) in [6, 6.07) is 15.3. The van der Waals surface area contributed by atoms with Crippen molar-refractivity contribution in [3.63, 3.8) is 0 Å². The summed E-state index contributed by atoms with van der Waals surface area (Å²) in [5.74, 6) is -1.06. The molecule has 0 saturated carbocycles. The first kappa shape index (κ1) is 13.5. The number of aromatic carboxylic acids is 1. The number of nitrogens with zero attached hydrogens (tertiary/aromatic N) is 1. The van der Waals surface area contributed by atoms with E-state index in [1.165, 1.54) is 6.07 Å². The van der Waals surface area contributed by atoms with E-state index in [9.17, 15) is 9.59 Å². The van der Waals surface area contributed by atoms with Gasteiger partial charge in [0.1, 0.15) is 5.71 Å². The Morgan fingerprint density at radius 2 is 1.70 bits per heavy atom. The smallest absolute Gasteiger partial charge is 0.337 e. The molecule has 0 unspecified atom stereocenters. The molecule has 0 aliphatic carbocycles. The maximum atomic E-state index is 11.1. The minimum absolute atomic E-state index is 0.0922. The van der Waals surface area contributed by atoms with Gasteiger partial charge in [0.15, 0.2) is 6.29 Å². The van der Waals surface area contributed by atoms with Crippen molar-refractivity contribution in [2.75, 3.05) is 5.43 Å². The van der Waals surface area contributed by atoms with Crippen molar-refractivity contribution in [3.05, 3.63) is 65.7 Å². The normalized spacial score (nSPS) is 10.9.